The summed E-state index contributed by atoms with van der Waals surface area (Å²) in [7, 11) is 0. The van der Waals surface area contributed by atoms with Gasteiger partial charge in [0, 0.05) is 13.1 Å². The fraction of sp³-hybridized carbons (Fsp3) is 0.333. The van der Waals surface area contributed by atoms with Crippen LogP contribution >= 0.6 is 12.4 Å². The van der Waals surface area contributed by atoms with Gasteiger partial charge in [-0.05, 0) is 12.0 Å². The largest absolute Gasteiger partial charge is 0.465 e. The molecule has 0 aliphatic carbocycles. The second-order valence-corrected chi connectivity index (χ2v) is 3.82. The van der Waals surface area contributed by atoms with Crippen molar-refractivity contribution in [2.75, 3.05) is 13.1 Å². The molecule has 0 spiro atoms. The summed E-state index contributed by atoms with van der Waals surface area (Å²) >= 11 is 0. The highest BCUT2D eigenvalue weighted by molar-refractivity contribution is 5.85. The number of benzene rings is 1. The van der Waals surface area contributed by atoms with Crippen LogP contribution in [0, 0.1) is 0 Å². The molecule has 1 aromatic rings. The van der Waals surface area contributed by atoms with Crippen LogP contribution in [0.4, 0.5) is 4.79 Å². The zero-order valence-electron chi connectivity index (χ0n) is 10.3. The van der Waals surface area contributed by atoms with E-state index in [4.69, 9.17) is 10.8 Å². The Hall–Kier alpha value is -1.79. The molecule has 0 aliphatic rings. The van der Waals surface area contributed by atoms with Gasteiger partial charge in [-0.1, -0.05) is 30.3 Å². The van der Waals surface area contributed by atoms with Gasteiger partial charge in [0.25, 0.3) is 0 Å². The number of carbonyl (C=O) groups is 2. The number of hydrogen-bond donors (Lipinski definition) is 4. The normalized spacial score (nSPS) is 11.0. The Morgan fingerprint density at radius 3 is 2.32 bits per heavy atom. The molecule has 0 bridgehead atoms. The summed E-state index contributed by atoms with van der Waals surface area (Å²) in [6, 6.07) is 8.84. The van der Waals surface area contributed by atoms with Crippen LogP contribution in [0.2, 0.25) is 0 Å². The summed E-state index contributed by atoms with van der Waals surface area (Å²) in [5.74, 6) is -0.286. The van der Waals surface area contributed by atoms with Crippen molar-refractivity contribution in [1.82, 2.24) is 10.6 Å². The van der Waals surface area contributed by atoms with E-state index in [2.05, 4.69) is 10.6 Å². The van der Waals surface area contributed by atoms with Crippen LogP contribution in [0.15, 0.2) is 30.3 Å². The number of halogens is 1. The van der Waals surface area contributed by atoms with E-state index in [0.29, 0.717) is 6.42 Å². The molecule has 0 heterocycles. The van der Waals surface area contributed by atoms with Crippen LogP contribution in [0.5, 0.6) is 0 Å². The molecule has 1 unspecified atom stereocenters. The number of hydrogen-bond acceptors (Lipinski definition) is 3. The Morgan fingerprint density at radius 2 is 1.74 bits per heavy atom. The highest BCUT2D eigenvalue weighted by Gasteiger charge is 2.13. The van der Waals surface area contributed by atoms with Crippen molar-refractivity contribution in [2.24, 2.45) is 5.73 Å². The fourth-order valence-corrected chi connectivity index (χ4v) is 1.45. The van der Waals surface area contributed by atoms with E-state index in [1.807, 2.05) is 30.3 Å². The Labute approximate surface area is 117 Å². The Kier molecular flexibility index (Phi) is 8.32. The van der Waals surface area contributed by atoms with Gasteiger partial charge in [0.1, 0.15) is 0 Å². The predicted molar refractivity (Wildman–Crippen MR) is 74.4 cm³/mol. The molecule has 5 N–H and O–H groups in total. The van der Waals surface area contributed by atoms with Crippen molar-refractivity contribution < 1.29 is 14.7 Å². The minimum absolute atomic E-state index is 0. The molecule has 2 amide bonds. The van der Waals surface area contributed by atoms with Gasteiger partial charge in [0.05, 0.1) is 6.04 Å². The predicted octanol–water partition coefficient (Wildman–Crippen LogP) is 0.362. The van der Waals surface area contributed by atoms with Crippen molar-refractivity contribution in [1.29, 1.82) is 0 Å². The Bertz CT molecular complexity index is 400. The van der Waals surface area contributed by atoms with Gasteiger partial charge >= 0.3 is 6.09 Å². The van der Waals surface area contributed by atoms with Crippen LogP contribution in [0.25, 0.3) is 0 Å². The van der Waals surface area contributed by atoms with Gasteiger partial charge in [-0.2, -0.15) is 0 Å². The van der Waals surface area contributed by atoms with Crippen LogP contribution in [0.1, 0.15) is 5.56 Å². The standard InChI is InChI=1S/C12H17N3O3.ClH/c13-10(8-9-4-2-1-3-5-9)11(16)14-6-7-15-12(17)18;/h1-5,10,15H,6-8,13H2,(H,14,16)(H,17,18);1H. The first-order chi connectivity index (χ1) is 8.59. The van der Waals surface area contributed by atoms with Crippen molar-refractivity contribution in [3.63, 3.8) is 0 Å². The zero-order chi connectivity index (χ0) is 13.4. The van der Waals surface area contributed by atoms with Crippen molar-refractivity contribution >= 4 is 24.4 Å². The fourth-order valence-electron chi connectivity index (χ4n) is 1.45. The number of amides is 2. The smallest absolute Gasteiger partial charge is 0.404 e. The van der Waals surface area contributed by atoms with Crippen molar-refractivity contribution in [3.8, 4) is 0 Å². The average molecular weight is 288 g/mol. The third-order valence-corrected chi connectivity index (χ3v) is 2.34. The molecule has 1 aromatic carbocycles. The lowest BCUT2D eigenvalue weighted by atomic mass is 10.1. The third-order valence-electron chi connectivity index (χ3n) is 2.34. The summed E-state index contributed by atoms with van der Waals surface area (Å²) in [5, 5.41) is 13.1. The van der Waals surface area contributed by atoms with E-state index in [1.54, 1.807) is 0 Å². The van der Waals surface area contributed by atoms with E-state index >= 15 is 0 Å². The lowest BCUT2D eigenvalue weighted by Gasteiger charge is -2.12. The quantitative estimate of drug-likeness (QED) is 0.567. The van der Waals surface area contributed by atoms with Gasteiger partial charge in [-0.25, -0.2) is 4.79 Å². The molecule has 7 heteroatoms. The Balaban J connectivity index is 0.00000324. The lowest BCUT2D eigenvalue weighted by molar-refractivity contribution is -0.122. The monoisotopic (exact) mass is 287 g/mol. The van der Waals surface area contributed by atoms with E-state index in [-0.39, 0.29) is 31.4 Å². The molecule has 0 aliphatic heterocycles. The molecule has 19 heavy (non-hydrogen) atoms. The molecule has 106 valence electrons. The molecular weight excluding hydrogens is 270 g/mol. The number of carboxylic acid groups (broad SMARTS) is 1. The van der Waals surface area contributed by atoms with E-state index < -0.39 is 12.1 Å². The summed E-state index contributed by atoms with van der Waals surface area (Å²) in [6.07, 6.45) is -0.656. The summed E-state index contributed by atoms with van der Waals surface area (Å²) in [5.41, 5.74) is 6.73. The molecule has 0 saturated carbocycles. The maximum atomic E-state index is 11.6. The number of nitrogens with one attached hydrogen (secondary N) is 2. The van der Waals surface area contributed by atoms with E-state index in [0.717, 1.165) is 5.56 Å². The van der Waals surface area contributed by atoms with Crippen molar-refractivity contribution in [2.45, 2.75) is 12.5 Å². The van der Waals surface area contributed by atoms with Gasteiger partial charge in [-0.3, -0.25) is 4.79 Å². The molecule has 6 nitrogen and oxygen atoms in total. The lowest BCUT2D eigenvalue weighted by Crippen LogP contribution is -2.44. The van der Waals surface area contributed by atoms with Crippen LogP contribution in [-0.4, -0.2) is 36.2 Å². The van der Waals surface area contributed by atoms with Crippen LogP contribution in [-0.2, 0) is 11.2 Å². The molecule has 0 radical (unpaired) electrons. The summed E-state index contributed by atoms with van der Waals surface area (Å²) in [4.78, 5) is 21.8. The second kappa shape index (κ2) is 9.18. The first-order valence-electron chi connectivity index (χ1n) is 5.63. The van der Waals surface area contributed by atoms with Gasteiger partial charge in [0.2, 0.25) is 5.91 Å². The first-order valence-corrected chi connectivity index (χ1v) is 5.63. The minimum Gasteiger partial charge on any atom is -0.465 e. The van der Waals surface area contributed by atoms with Gasteiger partial charge in [0.15, 0.2) is 0 Å². The van der Waals surface area contributed by atoms with Gasteiger partial charge in [-0.15, -0.1) is 12.4 Å². The molecule has 0 saturated heterocycles. The minimum atomic E-state index is -1.11. The molecular formula is C12H18ClN3O3. The molecule has 1 atom stereocenters. The number of carbonyl (C=O) groups excluding carboxylic acids is 1. The molecule has 0 aromatic heterocycles. The second-order valence-electron chi connectivity index (χ2n) is 3.82. The maximum Gasteiger partial charge on any atom is 0.404 e. The van der Waals surface area contributed by atoms with Crippen molar-refractivity contribution in [3.05, 3.63) is 35.9 Å². The maximum absolute atomic E-state index is 11.6. The molecule has 0 fully saturated rings. The average Bonchev–Trinajstić information content (AvgIpc) is 2.35. The van der Waals surface area contributed by atoms with E-state index in [1.165, 1.54) is 0 Å². The van der Waals surface area contributed by atoms with Crippen LogP contribution < -0.4 is 16.4 Å². The zero-order valence-corrected chi connectivity index (χ0v) is 11.2. The van der Waals surface area contributed by atoms with Crippen LogP contribution in [0.3, 0.4) is 0 Å². The Morgan fingerprint density at radius 1 is 1.16 bits per heavy atom. The third kappa shape index (κ3) is 7.28. The molecule has 1 rings (SSSR count). The highest BCUT2D eigenvalue weighted by Crippen LogP contribution is 2.01. The van der Waals surface area contributed by atoms with E-state index in [9.17, 15) is 9.59 Å². The summed E-state index contributed by atoms with van der Waals surface area (Å²) < 4.78 is 0. The SMILES string of the molecule is Cl.NC(Cc1ccccc1)C(=O)NCCNC(=O)O. The number of nitrogens with two attached hydrogens (primary N) is 1. The van der Waals surface area contributed by atoms with Gasteiger partial charge < -0.3 is 21.5 Å². The summed E-state index contributed by atoms with van der Waals surface area (Å²) in [6.45, 7) is 0.396. The topological polar surface area (TPSA) is 104 Å². The number of rotatable bonds is 6. The highest BCUT2D eigenvalue weighted by atomic mass is 35.5. The first kappa shape index (κ1) is 17.2.